The summed E-state index contributed by atoms with van der Waals surface area (Å²) in [4.78, 5) is 0. The molecular formula is C23H34O4. The topological polar surface area (TPSA) is 40.8 Å². The molecule has 1 aromatic carbocycles. The van der Waals surface area contributed by atoms with Crippen molar-refractivity contribution < 1.29 is 18.6 Å². The predicted octanol–water partition coefficient (Wildman–Crippen LogP) is 6.19. The SMILES string of the molecule is CCCCCCCCCc1ccc(Cc2c(OC)cc(OC)cc2OC)o1. The molecule has 0 amide bonds. The van der Waals surface area contributed by atoms with E-state index in [0.29, 0.717) is 12.2 Å². The molecule has 0 fully saturated rings. The first kappa shape index (κ1) is 21.2. The Morgan fingerprint density at radius 3 is 1.93 bits per heavy atom. The van der Waals surface area contributed by atoms with Gasteiger partial charge in [-0.1, -0.05) is 45.4 Å². The number of furan rings is 1. The summed E-state index contributed by atoms with van der Waals surface area (Å²) in [5.41, 5.74) is 0.970. The Kier molecular flexibility index (Phi) is 9.09. The third kappa shape index (κ3) is 6.53. The molecular weight excluding hydrogens is 340 g/mol. The second-order valence-electron chi connectivity index (χ2n) is 6.93. The highest BCUT2D eigenvalue weighted by atomic mass is 16.5. The lowest BCUT2D eigenvalue weighted by Gasteiger charge is -2.14. The van der Waals surface area contributed by atoms with E-state index in [4.69, 9.17) is 18.6 Å². The fourth-order valence-electron chi connectivity index (χ4n) is 3.33. The predicted molar refractivity (Wildman–Crippen MR) is 109 cm³/mol. The number of ether oxygens (including phenoxy) is 3. The Hall–Kier alpha value is -2.10. The van der Waals surface area contributed by atoms with Gasteiger partial charge in [0.2, 0.25) is 0 Å². The number of hydrogen-bond acceptors (Lipinski definition) is 4. The van der Waals surface area contributed by atoms with E-state index in [0.717, 1.165) is 35.0 Å². The van der Waals surface area contributed by atoms with Crippen LogP contribution in [-0.4, -0.2) is 21.3 Å². The molecule has 0 spiro atoms. The molecule has 4 nitrogen and oxygen atoms in total. The zero-order valence-electron chi connectivity index (χ0n) is 17.3. The van der Waals surface area contributed by atoms with E-state index in [-0.39, 0.29) is 0 Å². The summed E-state index contributed by atoms with van der Waals surface area (Å²) in [6, 6.07) is 7.90. The second kappa shape index (κ2) is 11.6. The van der Waals surface area contributed by atoms with Crippen molar-refractivity contribution in [2.45, 2.75) is 64.7 Å². The minimum Gasteiger partial charge on any atom is -0.496 e. The minimum atomic E-state index is 0.632. The van der Waals surface area contributed by atoms with E-state index in [1.54, 1.807) is 21.3 Å². The molecule has 1 aromatic heterocycles. The monoisotopic (exact) mass is 374 g/mol. The largest absolute Gasteiger partial charge is 0.496 e. The van der Waals surface area contributed by atoms with Gasteiger partial charge < -0.3 is 18.6 Å². The summed E-state index contributed by atoms with van der Waals surface area (Å²) >= 11 is 0. The van der Waals surface area contributed by atoms with Crippen molar-refractivity contribution in [1.29, 1.82) is 0 Å². The summed E-state index contributed by atoms with van der Waals surface area (Å²) in [6.07, 6.45) is 10.8. The van der Waals surface area contributed by atoms with Crippen molar-refractivity contribution in [3.05, 3.63) is 41.3 Å². The van der Waals surface area contributed by atoms with Crippen molar-refractivity contribution in [1.82, 2.24) is 0 Å². The molecule has 0 bridgehead atoms. The maximum atomic E-state index is 6.05. The number of unbranched alkanes of at least 4 members (excludes halogenated alkanes) is 6. The second-order valence-corrected chi connectivity index (χ2v) is 6.93. The molecule has 0 atom stereocenters. The molecule has 150 valence electrons. The molecule has 0 saturated heterocycles. The van der Waals surface area contributed by atoms with Gasteiger partial charge in [-0.15, -0.1) is 0 Å². The van der Waals surface area contributed by atoms with Gasteiger partial charge in [-0.2, -0.15) is 0 Å². The highest BCUT2D eigenvalue weighted by Gasteiger charge is 2.15. The maximum Gasteiger partial charge on any atom is 0.129 e. The quantitative estimate of drug-likeness (QED) is 0.392. The van der Waals surface area contributed by atoms with Crippen LogP contribution in [0, 0.1) is 0 Å². The van der Waals surface area contributed by atoms with Crippen LogP contribution in [0.3, 0.4) is 0 Å². The molecule has 27 heavy (non-hydrogen) atoms. The molecule has 0 N–H and O–H groups in total. The third-order valence-corrected chi connectivity index (χ3v) is 4.91. The van der Waals surface area contributed by atoms with Crippen molar-refractivity contribution in [2.24, 2.45) is 0 Å². The smallest absolute Gasteiger partial charge is 0.129 e. The normalized spacial score (nSPS) is 10.8. The van der Waals surface area contributed by atoms with E-state index >= 15 is 0 Å². The van der Waals surface area contributed by atoms with Gasteiger partial charge in [0.05, 0.1) is 21.3 Å². The van der Waals surface area contributed by atoms with Crippen LogP contribution >= 0.6 is 0 Å². The summed E-state index contributed by atoms with van der Waals surface area (Å²) in [6.45, 7) is 2.26. The van der Waals surface area contributed by atoms with Crippen molar-refractivity contribution in [2.75, 3.05) is 21.3 Å². The van der Waals surface area contributed by atoms with E-state index in [2.05, 4.69) is 19.1 Å². The number of rotatable bonds is 13. The Bertz CT molecular complexity index is 650. The van der Waals surface area contributed by atoms with Gasteiger partial charge in [0.15, 0.2) is 0 Å². The number of methoxy groups -OCH3 is 3. The highest BCUT2D eigenvalue weighted by molar-refractivity contribution is 5.52. The van der Waals surface area contributed by atoms with E-state index in [1.807, 2.05) is 12.1 Å². The molecule has 2 aromatic rings. The minimum absolute atomic E-state index is 0.632. The van der Waals surface area contributed by atoms with Gasteiger partial charge in [0, 0.05) is 30.5 Å². The van der Waals surface area contributed by atoms with E-state index in [9.17, 15) is 0 Å². The first-order valence-electron chi connectivity index (χ1n) is 10.1. The zero-order chi connectivity index (χ0) is 19.5. The maximum absolute atomic E-state index is 6.05. The van der Waals surface area contributed by atoms with Gasteiger partial charge in [-0.3, -0.25) is 0 Å². The Labute approximate surface area is 163 Å². The first-order valence-corrected chi connectivity index (χ1v) is 10.1. The van der Waals surface area contributed by atoms with Crippen LogP contribution in [0.1, 0.15) is 69.0 Å². The van der Waals surface area contributed by atoms with E-state index < -0.39 is 0 Å². The molecule has 2 rings (SSSR count). The van der Waals surface area contributed by atoms with Gasteiger partial charge >= 0.3 is 0 Å². The van der Waals surface area contributed by atoms with Crippen molar-refractivity contribution in [3.8, 4) is 17.2 Å². The van der Waals surface area contributed by atoms with Crippen LogP contribution in [0.15, 0.2) is 28.7 Å². The van der Waals surface area contributed by atoms with Crippen LogP contribution in [0.2, 0.25) is 0 Å². The highest BCUT2D eigenvalue weighted by Crippen LogP contribution is 2.35. The Morgan fingerprint density at radius 2 is 1.33 bits per heavy atom. The molecule has 4 heteroatoms. The fraction of sp³-hybridized carbons (Fsp3) is 0.565. The van der Waals surface area contributed by atoms with Crippen LogP contribution in [0.5, 0.6) is 17.2 Å². The lowest BCUT2D eigenvalue weighted by molar-refractivity contribution is 0.367. The van der Waals surface area contributed by atoms with E-state index in [1.165, 1.54) is 44.9 Å². The van der Waals surface area contributed by atoms with Gasteiger partial charge in [-0.05, 0) is 18.6 Å². The average molecular weight is 375 g/mol. The average Bonchev–Trinajstić information content (AvgIpc) is 3.14. The molecule has 0 aliphatic carbocycles. The van der Waals surface area contributed by atoms with Crippen molar-refractivity contribution in [3.63, 3.8) is 0 Å². The summed E-state index contributed by atoms with van der Waals surface area (Å²) in [5, 5.41) is 0. The van der Waals surface area contributed by atoms with Crippen LogP contribution in [0.25, 0.3) is 0 Å². The zero-order valence-corrected chi connectivity index (χ0v) is 17.3. The molecule has 0 aliphatic heterocycles. The van der Waals surface area contributed by atoms with Crippen LogP contribution in [0.4, 0.5) is 0 Å². The van der Waals surface area contributed by atoms with Gasteiger partial charge in [-0.25, -0.2) is 0 Å². The fourth-order valence-corrected chi connectivity index (χ4v) is 3.33. The van der Waals surface area contributed by atoms with Crippen LogP contribution < -0.4 is 14.2 Å². The first-order chi connectivity index (χ1) is 13.2. The lowest BCUT2D eigenvalue weighted by atomic mass is 10.1. The third-order valence-electron chi connectivity index (χ3n) is 4.91. The van der Waals surface area contributed by atoms with Crippen molar-refractivity contribution >= 4 is 0 Å². The lowest BCUT2D eigenvalue weighted by Crippen LogP contribution is -1.99. The van der Waals surface area contributed by atoms with Gasteiger partial charge in [0.1, 0.15) is 28.8 Å². The van der Waals surface area contributed by atoms with Gasteiger partial charge in [0.25, 0.3) is 0 Å². The Morgan fingerprint density at radius 1 is 0.741 bits per heavy atom. The summed E-state index contributed by atoms with van der Waals surface area (Å²) < 4.78 is 22.4. The summed E-state index contributed by atoms with van der Waals surface area (Å²) in [5.74, 6) is 4.19. The molecule has 0 radical (unpaired) electrons. The standard InChI is InChI=1S/C23H34O4/c1-5-6-7-8-9-10-11-12-18-13-14-19(27-18)15-21-22(25-3)16-20(24-2)17-23(21)26-4/h13-14,16-17H,5-12,15H2,1-4H3. The Balaban J connectivity index is 1.92. The molecule has 0 saturated carbocycles. The van der Waals surface area contributed by atoms with Crippen LogP contribution in [-0.2, 0) is 12.8 Å². The number of aryl methyl sites for hydroxylation is 1. The summed E-state index contributed by atoms with van der Waals surface area (Å²) in [7, 11) is 4.95. The number of benzene rings is 1. The molecule has 0 aliphatic rings. The number of hydrogen-bond donors (Lipinski definition) is 0. The molecule has 1 heterocycles. The molecule has 0 unspecified atom stereocenters.